The molecule has 4 N–H and O–H groups in total. The quantitative estimate of drug-likeness (QED) is 0.678. The van der Waals surface area contributed by atoms with E-state index in [-0.39, 0.29) is 23.8 Å². The van der Waals surface area contributed by atoms with Gasteiger partial charge in [-0.05, 0) is 18.8 Å². The van der Waals surface area contributed by atoms with Crippen molar-refractivity contribution in [1.29, 1.82) is 0 Å². The van der Waals surface area contributed by atoms with E-state index in [0.29, 0.717) is 32.4 Å². The summed E-state index contributed by atoms with van der Waals surface area (Å²) in [6.07, 6.45) is 1.73. The molecule has 0 saturated carbocycles. The SMILES string of the molecule is CCC(C)[C@H](NC(=O)N1CCC(C(N)=O)CC1)C(=O)O. The molecule has 20 heavy (non-hydrogen) atoms. The first-order valence-corrected chi connectivity index (χ1v) is 6.94. The maximum atomic E-state index is 12.0. The Bertz CT molecular complexity index is 378. The molecule has 7 nitrogen and oxygen atoms in total. The van der Waals surface area contributed by atoms with Crippen LogP contribution in [0.4, 0.5) is 4.79 Å². The van der Waals surface area contributed by atoms with Crippen molar-refractivity contribution in [2.24, 2.45) is 17.6 Å². The molecule has 0 aromatic heterocycles. The van der Waals surface area contributed by atoms with Crippen LogP contribution >= 0.6 is 0 Å². The molecule has 1 aliphatic heterocycles. The van der Waals surface area contributed by atoms with Crippen molar-refractivity contribution in [3.63, 3.8) is 0 Å². The van der Waals surface area contributed by atoms with Gasteiger partial charge in [0.25, 0.3) is 0 Å². The number of urea groups is 1. The zero-order chi connectivity index (χ0) is 15.3. The molecule has 0 aliphatic carbocycles. The molecule has 7 heteroatoms. The highest BCUT2D eigenvalue weighted by Crippen LogP contribution is 2.17. The molecule has 1 fully saturated rings. The van der Waals surface area contributed by atoms with Gasteiger partial charge in [0.1, 0.15) is 6.04 Å². The van der Waals surface area contributed by atoms with Gasteiger partial charge >= 0.3 is 12.0 Å². The van der Waals surface area contributed by atoms with Gasteiger partial charge in [0, 0.05) is 19.0 Å². The molecular formula is C13H23N3O4. The predicted molar refractivity (Wildman–Crippen MR) is 72.9 cm³/mol. The van der Waals surface area contributed by atoms with E-state index in [1.807, 2.05) is 6.92 Å². The Labute approximate surface area is 118 Å². The number of hydrogen-bond donors (Lipinski definition) is 3. The van der Waals surface area contributed by atoms with Gasteiger partial charge in [-0.15, -0.1) is 0 Å². The average Bonchev–Trinajstić information content (AvgIpc) is 2.43. The highest BCUT2D eigenvalue weighted by Gasteiger charge is 2.30. The van der Waals surface area contributed by atoms with Crippen LogP contribution in [-0.2, 0) is 9.59 Å². The molecule has 1 unspecified atom stereocenters. The van der Waals surface area contributed by atoms with Crippen molar-refractivity contribution in [2.75, 3.05) is 13.1 Å². The van der Waals surface area contributed by atoms with Gasteiger partial charge < -0.3 is 21.1 Å². The second kappa shape index (κ2) is 7.12. The summed E-state index contributed by atoms with van der Waals surface area (Å²) in [7, 11) is 0. The molecular weight excluding hydrogens is 262 g/mol. The number of carboxylic acid groups (broad SMARTS) is 1. The lowest BCUT2D eigenvalue weighted by Gasteiger charge is -2.32. The van der Waals surface area contributed by atoms with Crippen LogP contribution < -0.4 is 11.1 Å². The van der Waals surface area contributed by atoms with Crippen LogP contribution in [0, 0.1) is 11.8 Å². The Morgan fingerprint density at radius 3 is 2.30 bits per heavy atom. The molecule has 1 saturated heterocycles. The first-order chi connectivity index (χ1) is 9.36. The number of nitrogens with one attached hydrogen (secondary N) is 1. The number of rotatable bonds is 5. The number of amides is 3. The van der Waals surface area contributed by atoms with Crippen molar-refractivity contribution < 1.29 is 19.5 Å². The molecule has 0 aromatic carbocycles. The zero-order valence-corrected chi connectivity index (χ0v) is 12.0. The van der Waals surface area contributed by atoms with Crippen molar-refractivity contribution in [1.82, 2.24) is 10.2 Å². The Morgan fingerprint density at radius 2 is 1.90 bits per heavy atom. The smallest absolute Gasteiger partial charge is 0.326 e. The summed E-state index contributed by atoms with van der Waals surface area (Å²) in [5.41, 5.74) is 5.23. The maximum absolute atomic E-state index is 12.0. The fourth-order valence-corrected chi connectivity index (χ4v) is 2.27. The molecule has 0 spiro atoms. The van der Waals surface area contributed by atoms with Gasteiger partial charge in [-0.2, -0.15) is 0 Å². The molecule has 3 amide bonds. The number of aliphatic carboxylic acids is 1. The van der Waals surface area contributed by atoms with E-state index < -0.39 is 12.0 Å². The van der Waals surface area contributed by atoms with Gasteiger partial charge in [0.15, 0.2) is 0 Å². The zero-order valence-electron chi connectivity index (χ0n) is 12.0. The predicted octanol–water partition coefficient (Wildman–Crippen LogP) is 0.393. The molecule has 2 atom stereocenters. The largest absolute Gasteiger partial charge is 0.480 e. The standard InChI is InChI=1S/C13H23N3O4/c1-3-8(2)10(12(18)19)15-13(20)16-6-4-9(5-7-16)11(14)17/h8-10H,3-7H2,1-2H3,(H2,14,17)(H,15,20)(H,18,19)/t8?,10-/m0/s1. The Hall–Kier alpha value is -1.79. The van der Waals surface area contributed by atoms with Crippen molar-refractivity contribution in [3.8, 4) is 0 Å². The summed E-state index contributed by atoms with van der Waals surface area (Å²) in [4.78, 5) is 35.8. The summed E-state index contributed by atoms with van der Waals surface area (Å²) >= 11 is 0. The second-order valence-corrected chi connectivity index (χ2v) is 5.31. The van der Waals surface area contributed by atoms with Crippen LogP contribution in [0.2, 0.25) is 0 Å². The molecule has 1 rings (SSSR count). The number of hydrogen-bond acceptors (Lipinski definition) is 3. The van der Waals surface area contributed by atoms with E-state index in [4.69, 9.17) is 10.8 Å². The molecule has 114 valence electrons. The average molecular weight is 285 g/mol. The normalized spacial score (nSPS) is 19.2. The number of piperidine rings is 1. The first-order valence-electron chi connectivity index (χ1n) is 6.94. The number of primary amides is 1. The molecule has 1 heterocycles. The summed E-state index contributed by atoms with van der Waals surface area (Å²) in [6.45, 7) is 4.52. The number of likely N-dealkylation sites (tertiary alicyclic amines) is 1. The molecule has 0 aromatic rings. The number of carbonyl (C=O) groups is 3. The van der Waals surface area contributed by atoms with E-state index in [2.05, 4.69) is 5.32 Å². The lowest BCUT2D eigenvalue weighted by atomic mass is 9.96. The lowest BCUT2D eigenvalue weighted by molar-refractivity contribution is -0.140. The van der Waals surface area contributed by atoms with Crippen LogP contribution in [0.25, 0.3) is 0 Å². The van der Waals surface area contributed by atoms with E-state index in [1.165, 1.54) is 4.90 Å². The van der Waals surface area contributed by atoms with Crippen LogP contribution in [0.1, 0.15) is 33.1 Å². The highest BCUT2D eigenvalue weighted by molar-refractivity contribution is 5.83. The van der Waals surface area contributed by atoms with Gasteiger partial charge in [-0.25, -0.2) is 9.59 Å². The number of carbonyl (C=O) groups excluding carboxylic acids is 2. The van der Waals surface area contributed by atoms with E-state index in [1.54, 1.807) is 6.92 Å². The van der Waals surface area contributed by atoms with Crippen LogP contribution in [0.5, 0.6) is 0 Å². The fourth-order valence-electron chi connectivity index (χ4n) is 2.27. The maximum Gasteiger partial charge on any atom is 0.326 e. The van der Waals surface area contributed by atoms with Gasteiger partial charge in [-0.1, -0.05) is 20.3 Å². The highest BCUT2D eigenvalue weighted by atomic mass is 16.4. The van der Waals surface area contributed by atoms with Crippen LogP contribution in [-0.4, -0.2) is 47.0 Å². The van der Waals surface area contributed by atoms with E-state index in [0.717, 1.165) is 0 Å². The van der Waals surface area contributed by atoms with E-state index in [9.17, 15) is 14.4 Å². The molecule has 0 radical (unpaired) electrons. The first kappa shape index (κ1) is 16.3. The Balaban J connectivity index is 2.54. The second-order valence-electron chi connectivity index (χ2n) is 5.31. The minimum atomic E-state index is -1.03. The summed E-state index contributed by atoms with van der Waals surface area (Å²) in [6, 6.07) is -1.28. The van der Waals surface area contributed by atoms with Crippen molar-refractivity contribution in [2.45, 2.75) is 39.2 Å². The van der Waals surface area contributed by atoms with Gasteiger partial charge in [0.05, 0.1) is 0 Å². The topological polar surface area (TPSA) is 113 Å². The van der Waals surface area contributed by atoms with Crippen LogP contribution in [0.15, 0.2) is 0 Å². The van der Waals surface area contributed by atoms with Crippen LogP contribution in [0.3, 0.4) is 0 Å². The Morgan fingerprint density at radius 1 is 1.35 bits per heavy atom. The monoisotopic (exact) mass is 285 g/mol. The third kappa shape index (κ3) is 4.11. The van der Waals surface area contributed by atoms with Crippen molar-refractivity contribution in [3.05, 3.63) is 0 Å². The summed E-state index contributed by atoms with van der Waals surface area (Å²) in [5, 5.41) is 11.7. The molecule has 0 bridgehead atoms. The summed E-state index contributed by atoms with van der Waals surface area (Å²) in [5.74, 6) is -1.70. The third-order valence-electron chi connectivity index (χ3n) is 3.94. The van der Waals surface area contributed by atoms with Gasteiger partial charge in [-0.3, -0.25) is 4.79 Å². The molecule has 1 aliphatic rings. The minimum Gasteiger partial charge on any atom is -0.480 e. The Kier molecular flexibility index (Phi) is 5.79. The minimum absolute atomic E-state index is 0.139. The number of nitrogens with zero attached hydrogens (tertiary/aromatic N) is 1. The van der Waals surface area contributed by atoms with Gasteiger partial charge in [0.2, 0.25) is 5.91 Å². The number of carboxylic acids is 1. The third-order valence-corrected chi connectivity index (χ3v) is 3.94. The van der Waals surface area contributed by atoms with E-state index >= 15 is 0 Å². The number of nitrogens with two attached hydrogens (primary N) is 1. The summed E-state index contributed by atoms with van der Waals surface area (Å²) < 4.78 is 0. The lowest BCUT2D eigenvalue weighted by Crippen LogP contribution is -2.52. The fraction of sp³-hybridized carbons (Fsp3) is 0.769. The van der Waals surface area contributed by atoms with Crippen molar-refractivity contribution >= 4 is 17.9 Å².